The van der Waals surface area contributed by atoms with Crippen LogP contribution in [0.15, 0.2) is 67.0 Å². The Bertz CT molecular complexity index is 928. The van der Waals surface area contributed by atoms with Crippen molar-refractivity contribution in [2.75, 3.05) is 12.0 Å². The number of hydrogen-bond acceptors (Lipinski definition) is 4. The summed E-state index contributed by atoms with van der Waals surface area (Å²) in [6.45, 7) is 0.577. The molecular weight excluding hydrogens is 367 g/mol. The molecule has 0 unspecified atom stereocenters. The van der Waals surface area contributed by atoms with E-state index in [9.17, 15) is 4.39 Å². The van der Waals surface area contributed by atoms with Crippen molar-refractivity contribution >= 4 is 11.4 Å². The normalized spacial score (nSPS) is 14.0. The van der Waals surface area contributed by atoms with Crippen molar-refractivity contribution < 1.29 is 13.9 Å². The Balaban J connectivity index is 1.80. The quantitative estimate of drug-likeness (QED) is 0.502. The predicted octanol–water partition coefficient (Wildman–Crippen LogP) is 5.89. The fourth-order valence-electron chi connectivity index (χ4n) is 3.82. The third-order valence-corrected chi connectivity index (χ3v) is 5.26. The van der Waals surface area contributed by atoms with Crippen LogP contribution in [0, 0.1) is 5.82 Å². The molecule has 1 aliphatic rings. The van der Waals surface area contributed by atoms with Crippen molar-refractivity contribution in [2.24, 2.45) is 0 Å². The lowest BCUT2D eigenvalue weighted by Gasteiger charge is -2.29. The van der Waals surface area contributed by atoms with E-state index in [-0.39, 0.29) is 11.9 Å². The van der Waals surface area contributed by atoms with Crippen molar-refractivity contribution in [3.8, 4) is 11.5 Å². The zero-order valence-corrected chi connectivity index (χ0v) is 16.6. The average Bonchev–Trinajstić information content (AvgIpc) is 3.27. The highest BCUT2D eigenvalue weighted by Gasteiger charge is 2.26. The largest absolute Gasteiger partial charge is 0.490 e. The summed E-state index contributed by atoms with van der Waals surface area (Å²) in [5.41, 5.74) is 2.82. The summed E-state index contributed by atoms with van der Waals surface area (Å²) in [6.07, 6.45) is 7.91. The lowest BCUT2D eigenvalue weighted by molar-refractivity contribution is 0.199. The van der Waals surface area contributed by atoms with Crippen LogP contribution in [0.25, 0.3) is 0 Å². The highest BCUT2D eigenvalue weighted by molar-refractivity contribution is 5.73. The molecule has 150 valence electrons. The number of para-hydroxylation sites is 1. The summed E-state index contributed by atoms with van der Waals surface area (Å²) in [7, 11) is 1.48. The predicted molar refractivity (Wildman–Crippen MR) is 112 cm³/mol. The molecule has 0 atom stereocenters. The van der Waals surface area contributed by atoms with Gasteiger partial charge in [0.15, 0.2) is 17.3 Å². The van der Waals surface area contributed by atoms with E-state index in [0.717, 1.165) is 42.6 Å². The number of ether oxygens (including phenoxy) is 2. The van der Waals surface area contributed by atoms with Crippen molar-refractivity contribution in [1.82, 2.24) is 4.98 Å². The number of methoxy groups -OCH3 is 1. The molecular formula is C24H25FN2O2. The van der Waals surface area contributed by atoms with E-state index in [4.69, 9.17) is 9.47 Å². The lowest BCUT2D eigenvalue weighted by atomic mass is 10.1. The molecule has 29 heavy (non-hydrogen) atoms. The average molecular weight is 392 g/mol. The van der Waals surface area contributed by atoms with Gasteiger partial charge in [-0.3, -0.25) is 4.98 Å². The zero-order chi connectivity index (χ0) is 20.1. The fraction of sp³-hybridized carbons (Fsp3) is 0.292. The van der Waals surface area contributed by atoms with Gasteiger partial charge in [0.2, 0.25) is 0 Å². The molecule has 1 aromatic heterocycles. The van der Waals surface area contributed by atoms with Crippen LogP contribution in [0.3, 0.4) is 0 Å². The Labute approximate surface area is 170 Å². The summed E-state index contributed by atoms with van der Waals surface area (Å²) in [5, 5.41) is 0. The maximum Gasteiger partial charge on any atom is 0.199 e. The van der Waals surface area contributed by atoms with E-state index in [1.54, 1.807) is 12.3 Å². The number of pyridine rings is 1. The van der Waals surface area contributed by atoms with Crippen molar-refractivity contribution in [3.05, 3.63) is 78.4 Å². The molecule has 1 heterocycles. The number of halogens is 1. The van der Waals surface area contributed by atoms with Crippen LogP contribution in [0.4, 0.5) is 15.8 Å². The Morgan fingerprint density at radius 1 is 1.00 bits per heavy atom. The van der Waals surface area contributed by atoms with Gasteiger partial charge in [-0.1, -0.05) is 24.3 Å². The van der Waals surface area contributed by atoms with E-state index in [0.29, 0.717) is 12.3 Å². The monoisotopic (exact) mass is 392 g/mol. The molecule has 4 rings (SSSR count). The first-order chi connectivity index (χ1) is 14.3. The van der Waals surface area contributed by atoms with Crippen molar-refractivity contribution in [3.63, 3.8) is 0 Å². The Morgan fingerprint density at radius 2 is 1.79 bits per heavy atom. The van der Waals surface area contributed by atoms with Gasteiger partial charge in [0.05, 0.1) is 18.9 Å². The highest BCUT2D eigenvalue weighted by Crippen LogP contribution is 2.44. The summed E-state index contributed by atoms with van der Waals surface area (Å²) >= 11 is 0. The number of anilines is 2. The third kappa shape index (κ3) is 4.34. The van der Waals surface area contributed by atoms with E-state index >= 15 is 0 Å². The first-order valence-corrected chi connectivity index (χ1v) is 10.0. The van der Waals surface area contributed by atoms with Gasteiger partial charge in [-0.25, -0.2) is 4.39 Å². The van der Waals surface area contributed by atoms with Crippen LogP contribution in [0.5, 0.6) is 11.5 Å². The first-order valence-electron chi connectivity index (χ1n) is 10.0. The Kier molecular flexibility index (Phi) is 5.94. The van der Waals surface area contributed by atoms with Crippen molar-refractivity contribution in [1.29, 1.82) is 0 Å². The van der Waals surface area contributed by atoms with Gasteiger partial charge in [0.1, 0.15) is 0 Å². The molecule has 0 bridgehead atoms. The lowest BCUT2D eigenvalue weighted by Crippen LogP contribution is -2.20. The number of rotatable bonds is 7. The highest BCUT2D eigenvalue weighted by atomic mass is 19.1. The van der Waals surface area contributed by atoms with Crippen LogP contribution in [0.2, 0.25) is 0 Å². The number of hydrogen-bond donors (Lipinski definition) is 0. The maximum atomic E-state index is 14.6. The third-order valence-electron chi connectivity index (χ3n) is 5.26. The van der Waals surface area contributed by atoms with Gasteiger partial charge in [-0.05, 0) is 61.6 Å². The van der Waals surface area contributed by atoms with Gasteiger partial charge in [-0.15, -0.1) is 0 Å². The topological polar surface area (TPSA) is 34.6 Å². The molecule has 3 aromatic rings. The second kappa shape index (κ2) is 8.95. The van der Waals surface area contributed by atoms with Crippen LogP contribution in [-0.2, 0) is 6.54 Å². The second-order valence-electron chi connectivity index (χ2n) is 7.24. The SMILES string of the molecule is COc1c(F)ccc(N(Cc2cccnc2)c2ccccc2)c1OC1CCCC1. The molecule has 5 heteroatoms. The summed E-state index contributed by atoms with van der Waals surface area (Å²) in [6, 6.07) is 17.2. The van der Waals surface area contributed by atoms with E-state index in [2.05, 4.69) is 9.88 Å². The van der Waals surface area contributed by atoms with Crippen molar-refractivity contribution in [2.45, 2.75) is 38.3 Å². The van der Waals surface area contributed by atoms with Gasteiger partial charge in [0, 0.05) is 24.6 Å². The summed E-state index contributed by atoms with van der Waals surface area (Å²) in [4.78, 5) is 6.35. The Hall–Kier alpha value is -3.08. The van der Waals surface area contributed by atoms with Crippen LogP contribution < -0.4 is 14.4 Å². The van der Waals surface area contributed by atoms with Gasteiger partial charge in [0.25, 0.3) is 0 Å². The fourth-order valence-corrected chi connectivity index (χ4v) is 3.82. The molecule has 0 spiro atoms. The number of nitrogens with zero attached hydrogens (tertiary/aromatic N) is 2. The van der Waals surface area contributed by atoms with E-state index in [1.165, 1.54) is 13.2 Å². The summed E-state index contributed by atoms with van der Waals surface area (Å²) in [5.74, 6) is 0.201. The summed E-state index contributed by atoms with van der Waals surface area (Å²) < 4.78 is 26.3. The molecule has 0 saturated heterocycles. The van der Waals surface area contributed by atoms with Crippen LogP contribution in [-0.4, -0.2) is 18.2 Å². The molecule has 2 aromatic carbocycles. The Morgan fingerprint density at radius 3 is 2.48 bits per heavy atom. The van der Waals surface area contributed by atoms with Gasteiger partial charge >= 0.3 is 0 Å². The van der Waals surface area contributed by atoms with Crippen LogP contribution >= 0.6 is 0 Å². The minimum atomic E-state index is -0.418. The zero-order valence-electron chi connectivity index (χ0n) is 16.6. The number of benzene rings is 2. The number of aromatic nitrogens is 1. The minimum Gasteiger partial charge on any atom is -0.490 e. The molecule has 4 nitrogen and oxygen atoms in total. The molecule has 0 N–H and O–H groups in total. The molecule has 1 saturated carbocycles. The molecule has 1 fully saturated rings. The maximum absolute atomic E-state index is 14.6. The first kappa shape index (κ1) is 19.2. The molecule has 0 aliphatic heterocycles. The van der Waals surface area contributed by atoms with Gasteiger partial charge in [-0.2, -0.15) is 0 Å². The van der Waals surface area contributed by atoms with E-state index < -0.39 is 5.82 Å². The van der Waals surface area contributed by atoms with Crippen LogP contribution in [0.1, 0.15) is 31.2 Å². The second-order valence-corrected chi connectivity index (χ2v) is 7.24. The van der Waals surface area contributed by atoms with Gasteiger partial charge < -0.3 is 14.4 Å². The molecule has 0 radical (unpaired) electrons. The molecule has 0 amide bonds. The smallest absolute Gasteiger partial charge is 0.199 e. The van der Waals surface area contributed by atoms with E-state index in [1.807, 2.05) is 48.7 Å². The molecule has 1 aliphatic carbocycles. The minimum absolute atomic E-state index is 0.0838. The standard InChI is InChI=1S/C24H25FN2O2/c1-28-23-21(25)13-14-22(24(23)29-20-11-5-6-12-20)27(19-9-3-2-4-10-19)17-18-8-7-15-26-16-18/h2-4,7-10,13-16,20H,5-6,11-12,17H2,1H3.